The monoisotopic (exact) mass is 358 g/mol. The molecule has 1 aliphatic rings. The third kappa shape index (κ3) is 4.82. The Labute approximate surface area is 151 Å². The number of furan rings is 1. The average Bonchev–Trinajstić information content (AvgIpc) is 3.29. The minimum Gasteiger partial charge on any atom is -0.465 e. The molecule has 2 amide bonds. The molecule has 1 N–H and O–H groups in total. The first-order valence-corrected chi connectivity index (χ1v) is 9.33. The molecule has 1 saturated heterocycles. The van der Waals surface area contributed by atoms with Gasteiger partial charge in [-0.3, -0.25) is 9.59 Å². The van der Waals surface area contributed by atoms with E-state index in [-0.39, 0.29) is 11.8 Å². The van der Waals surface area contributed by atoms with Gasteiger partial charge in [0.05, 0.1) is 11.1 Å². The molecule has 1 aliphatic heterocycles. The fourth-order valence-electron chi connectivity index (χ4n) is 2.88. The van der Waals surface area contributed by atoms with Crippen LogP contribution in [0.4, 0.5) is 0 Å². The molecule has 132 valence electrons. The van der Waals surface area contributed by atoms with Crippen LogP contribution in [0, 0.1) is 12.8 Å². The number of aryl methyl sites for hydroxylation is 1. The number of nitrogens with zero attached hydrogens (tertiary/aromatic N) is 1. The van der Waals surface area contributed by atoms with Gasteiger partial charge in [-0.15, -0.1) is 11.3 Å². The van der Waals surface area contributed by atoms with Crippen LogP contribution >= 0.6 is 11.3 Å². The predicted octanol–water partition coefficient (Wildman–Crippen LogP) is 3.33. The summed E-state index contributed by atoms with van der Waals surface area (Å²) in [6, 6.07) is 5.52. The number of likely N-dealkylation sites (tertiary alicyclic amines) is 1. The van der Waals surface area contributed by atoms with E-state index >= 15 is 0 Å². The van der Waals surface area contributed by atoms with Crippen LogP contribution in [0.2, 0.25) is 0 Å². The van der Waals surface area contributed by atoms with E-state index in [1.54, 1.807) is 24.5 Å². The van der Waals surface area contributed by atoms with Gasteiger partial charge in [-0.1, -0.05) is 0 Å². The summed E-state index contributed by atoms with van der Waals surface area (Å²) < 4.78 is 5.18. The topological polar surface area (TPSA) is 62.6 Å². The van der Waals surface area contributed by atoms with Crippen molar-refractivity contribution in [2.24, 2.45) is 5.92 Å². The summed E-state index contributed by atoms with van der Waals surface area (Å²) >= 11 is 1.47. The molecule has 0 aromatic carbocycles. The van der Waals surface area contributed by atoms with Gasteiger partial charge in [0.1, 0.15) is 5.76 Å². The number of hydrogen-bond donors (Lipinski definition) is 1. The molecule has 0 saturated carbocycles. The molecule has 3 rings (SSSR count). The van der Waals surface area contributed by atoms with Crippen LogP contribution in [0.15, 0.2) is 40.3 Å². The van der Waals surface area contributed by atoms with Crippen molar-refractivity contribution in [3.8, 4) is 0 Å². The van der Waals surface area contributed by atoms with Gasteiger partial charge in [-0.25, -0.2) is 0 Å². The third-order valence-corrected chi connectivity index (χ3v) is 5.41. The van der Waals surface area contributed by atoms with Gasteiger partial charge in [-0.05, 0) is 60.9 Å². The van der Waals surface area contributed by atoms with Gasteiger partial charge >= 0.3 is 0 Å². The summed E-state index contributed by atoms with van der Waals surface area (Å²) in [5.74, 6) is 1.10. The Balaban J connectivity index is 1.41. The Morgan fingerprint density at radius 2 is 2.20 bits per heavy atom. The van der Waals surface area contributed by atoms with Crippen molar-refractivity contribution in [1.82, 2.24) is 10.2 Å². The van der Waals surface area contributed by atoms with Crippen LogP contribution in [0.3, 0.4) is 0 Å². The normalized spacial score (nSPS) is 15.6. The third-order valence-electron chi connectivity index (χ3n) is 4.37. The Hall–Kier alpha value is -2.34. The standard InChI is InChI=1S/C19H22N2O3S/c1-14-11-17(25-13-14)19(23)20-12-15-6-8-21(9-7-15)18(22)5-4-16-3-2-10-24-16/h2-5,10-11,13,15H,6-9,12H2,1H3,(H,20,23)/b5-4+. The molecule has 0 atom stereocenters. The molecule has 0 radical (unpaired) electrons. The summed E-state index contributed by atoms with van der Waals surface area (Å²) in [5, 5.41) is 4.99. The van der Waals surface area contributed by atoms with Crippen LogP contribution in [0.1, 0.15) is 33.8 Å². The predicted molar refractivity (Wildman–Crippen MR) is 98.4 cm³/mol. The number of hydrogen-bond acceptors (Lipinski definition) is 4. The summed E-state index contributed by atoms with van der Waals surface area (Å²) in [5.41, 5.74) is 1.12. The molecule has 3 heterocycles. The zero-order valence-electron chi connectivity index (χ0n) is 14.2. The summed E-state index contributed by atoms with van der Waals surface area (Å²) in [4.78, 5) is 26.9. The molecule has 2 aromatic rings. The summed E-state index contributed by atoms with van der Waals surface area (Å²) in [7, 11) is 0. The molecule has 5 nitrogen and oxygen atoms in total. The smallest absolute Gasteiger partial charge is 0.261 e. The van der Waals surface area contributed by atoms with Gasteiger partial charge in [0, 0.05) is 25.7 Å². The van der Waals surface area contributed by atoms with Crippen molar-refractivity contribution in [3.05, 3.63) is 52.1 Å². The molecule has 25 heavy (non-hydrogen) atoms. The lowest BCUT2D eigenvalue weighted by atomic mass is 9.96. The quantitative estimate of drug-likeness (QED) is 0.834. The van der Waals surface area contributed by atoms with Crippen LogP contribution in [0.25, 0.3) is 6.08 Å². The molecule has 0 unspecified atom stereocenters. The molecule has 2 aromatic heterocycles. The Morgan fingerprint density at radius 1 is 1.40 bits per heavy atom. The van der Waals surface area contributed by atoms with E-state index in [4.69, 9.17) is 4.42 Å². The second-order valence-corrected chi connectivity index (χ2v) is 7.23. The van der Waals surface area contributed by atoms with E-state index in [0.29, 0.717) is 18.2 Å². The molecule has 0 aliphatic carbocycles. The molecular formula is C19H22N2O3S. The van der Waals surface area contributed by atoms with E-state index < -0.39 is 0 Å². The first kappa shape index (κ1) is 17.5. The Bertz CT molecular complexity index is 741. The molecule has 0 bridgehead atoms. The van der Waals surface area contributed by atoms with Crippen molar-refractivity contribution in [2.45, 2.75) is 19.8 Å². The highest BCUT2D eigenvalue weighted by molar-refractivity contribution is 7.12. The zero-order chi connectivity index (χ0) is 17.6. The minimum atomic E-state index is -0.00186. The number of amides is 2. The number of piperidine rings is 1. The highest BCUT2D eigenvalue weighted by Gasteiger charge is 2.22. The van der Waals surface area contributed by atoms with Crippen molar-refractivity contribution in [3.63, 3.8) is 0 Å². The highest BCUT2D eigenvalue weighted by atomic mass is 32.1. The van der Waals surface area contributed by atoms with Crippen LogP contribution in [-0.2, 0) is 4.79 Å². The van der Waals surface area contributed by atoms with Crippen LogP contribution in [0.5, 0.6) is 0 Å². The van der Waals surface area contributed by atoms with Crippen molar-refractivity contribution >= 4 is 29.2 Å². The minimum absolute atomic E-state index is 0.00186. The first-order chi connectivity index (χ1) is 12.1. The van der Waals surface area contributed by atoms with Gasteiger partial charge in [0.2, 0.25) is 5.91 Å². The number of carbonyl (C=O) groups is 2. The van der Waals surface area contributed by atoms with Gasteiger partial charge < -0.3 is 14.6 Å². The Morgan fingerprint density at radius 3 is 2.84 bits per heavy atom. The maximum Gasteiger partial charge on any atom is 0.261 e. The molecular weight excluding hydrogens is 336 g/mol. The number of thiophene rings is 1. The van der Waals surface area contributed by atoms with E-state index in [1.807, 2.05) is 29.3 Å². The van der Waals surface area contributed by atoms with E-state index in [9.17, 15) is 9.59 Å². The van der Waals surface area contributed by atoms with Gasteiger partial charge in [0.15, 0.2) is 0 Å². The number of nitrogens with one attached hydrogen (secondary N) is 1. The van der Waals surface area contributed by atoms with Crippen LogP contribution < -0.4 is 5.32 Å². The second-order valence-electron chi connectivity index (χ2n) is 6.32. The lowest BCUT2D eigenvalue weighted by molar-refractivity contribution is -0.127. The van der Waals surface area contributed by atoms with Crippen molar-refractivity contribution in [1.29, 1.82) is 0 Å². The maximum atomic E-state index is 12.2. The van der Waals surface area contributed by atoms with E-state index in [2.05, 4.69) is 5.32 Å². The average molecular weight is 358 g/mol. The molecule has 0 spiro atoms. The van der Waals surface area contributed by atoms with E-state index in [1.165, 1.54) is 11.3 Å². The largest absolute Gasteiger partial charge is 0.465 e. The SMILES string of the molecule is Cc1csc(C(=O)NCC2CCN(C(=O)/C=C/c3ccco3)CC2)c1. The van der Waals surface area contributed by atoms with Crippen LogP contribution in [-0.4, -0.2) is 36.3 Å². The van der Waals surface area contributed by atoms with Gasteiger partial charge in [0.25, 0.3) is 5.91 Å². The lowest BCUT2D eigenvalue weighted by Crippen LogP contribution is -2.40. The molecule has 1 fully saturated rings. The second kappa shape index (κ2) is 8.16. The first-order valence-electron chi connectivity index (χ1n) is 8.45. The van der Waals surface area contributed by atoms with E-state index in [0.717, 1.165) is 36.4 Å². The fraction of sp³-hybridized carbons (Fsp3) is 0.368. The summed E-state index contributed by atoms with van der Waals surface area (Å²) in [6.07, 6.45) is 6.65. The maximum absolute atomic E-state index is 12.2. The lowest BCUT2D eigenvalue weighted by Gasteiger charge is -2.31. The zero-order valence-corrected chi connectivity index (χ0v) is 15.1. The van der Waals surface area contributed by atoms with Gasteiger partial charge in [-0.2, -0.15) is 0 Å². The number of rotatable bonds is 5. The Kier molecular flexibility index (Phi) is 5.71. The summed E-state index contributed by atoms with van der Waals surface area (Å²) in [6.45, 7) is 4.10. The fourth-order valence-corrected chi connectivity index (χ4v) is 3.69. The van der Waals surface area contributed by atoms with Crippen molar-refractivity contribution < 1.29 is 14.0 Å². The molecule has 6 heteroatoms. The highest BCUT2D eigenvalue weighted by Crippen LogP contribution is 2.18. The van der Waals surface area contributed by atoms with Crippen molar-refractivity contribution in [2.75, 3.05) is 19.6 Å². The number of carbonyl (C=O) groups excluding carboxylic acids is 2.